The lowest BCUT2D eigenvalue weighted by molar-refractivity contribution is -0.226. The molecule has 4 nitrogen and oxygen atoms in total. The van der Waals surface area contributed by atoms with Crippen molar-refractivity contribution in [3.8, 4) is 0 Å². The number of ether oxygens (including phenoxy) is 3. The molecule has 0 unspecified atom stereocenters. The van der Waals surface area contributed by atoms with Crippen molar-refractivity contribution >= 4 is 5.97 Å². The molecule has 0 radical (unpaired) electrons. The first-order chi connectivity index (χ1) is 14.2. The zero-order chi connectivity index (χ0) is 21.0. The summed E-state index contributed by atoms with van der Waals surface area (Å²) in [5, 5.41) is 0. The van der Waals surface area contributed by atoms with Crippen molar-refractivity contribution in [2.75, 3.05) is 13.2 Å². The monoisotopic (exact) mass is 412 g/mol. The van der Waals surface area contributed by atoms with Gasteiger partial charge in [-0.2, -0.15) is 0 Å². The Morgan fingerprint density at radius 1 is 0.793 bits per heavy atom. The fourth-order valence-electron chi connectivity index (χ4n) is 4.06. The van der Waals surface area contributed by atoms with Gasteiger partial charge < -0.3 is 14.2 Å². The molecule has 1 aliphatic rings. The molecular weight excluding hydrogens is 364 g/mol. The largest absolute Gasteiger partial charge is 0.457 e. The Hall–Kier alpha value is -0.610. The first kappa shape index (κ1) is 26.4. The van der Waals surface area contributed by atoms with E-state index in [1.54, 1.807) is 0 Å². The molecule has 1 heterocycles. The van der Waals surface area contributed by atoms with Crippen LogP contribution < -0.4 is 0 Å². The van der Waals surface area contributed by atoms with Crippen LogP contribution in [0, 0.1) is 0 Å². The summed E-state index contributed by atoms with van der Waals surface area (Å²) < 4.78 is 16.7. The SMILES string of the molecule is CCCCCCCCCCCCCCCCCCO[C@@H]1OCCC[C@H]1OC(C)=O. The Kier molecular flexibility index (Phi) is 17.6. The van der Waals surface area contributed by atoms with E-state index < -0.39 is 0 Å². The highest BCUT2D eigenvalue weighted by molar-refractivity contribution is 5.66. The van der Waals surface area contributed by atoms with Crippen molar-refractivity contribution in [1.82, 2.24) is 0 Å². The third kappa shape index (κ3) is 15.8. The van der Waals surface area contributed by atoms with Crippen molar-refractivity contribution in [3.63, 3.8) is 0 Å². The second kappa shape index (κ2) is 19.4. The van der Waals surface area contributed by atoms with E-state index in [9.17, 15) is 4.79 Å². The minimum absolute atomic E-state index is 0.234. The van der Waals surface area contributed by atoms with Gasteiger partial charge in [0.1, 0.15) is 0 Å². The summed E-state index contributed by atoms with van der Waals surface area (Å²) in [5.74, 6) is -0.253. The molecular formula is C25H48O4. The average molecular weight is 413 g/mol. The van der Waals surface area contributed by atoms with Crippen LogP contribution in [0.4, 0.5) is 0 Å². The van der Waals surface area contributed by atoms with E-state index in [1.807, 2.05) is 0 Å². The molecule has 29 heavy (non-hydrogen) atoms. The molecule has 0 amide bonds. The predicted molar refractivity (Wildman–Crippen MR) is 120 cm³/mol. The normalized spacial score (nSPS) is 19.4. The van der Waals surface area contributed by atoms with Crippen LogP contribution in [-0.2, 0) is 19.0 Å². The Labute approximate surface area is 180 Å². The van der Waals surface area contributed by atoms with Gasteiger partial charge >= 0.3 is 5.97 Å². The molecule has 1 rings (SSSR count). The zero-order valence-corrected chi connectivity index (χ0v) is 19.4. The van der Waals surface area contributed by atoms with E-state index >= 15 is 0 Å². The van der Waals surface area contributed by atoms with Gasteiger partial charge in [-0.25, -0.2) is 0 Å². The van der Waals surface area contributed by atoms with E-state index in [0.717, 1.165) is 19.3 Å². The van der Waals surface area contributed by atoms with Gasteiger partial charge in [0.2, 0.25) is 0 Å². The minimum Gasteiger partial charge on any atom is -0.457 e. The number of hydrogen-bond acceptors (Lipinski definition) is 4. The predicted octanol–water partition coefficient (Wildman–Crippen LogP) is 7.33. The lowest BCUT2D eigenvalue weighted by Crippen LogP contribution is -2.39. The number of esters is 1. The Bertz CT molecular complexity index is 372. The molecule has 172 valence electrons. The highest BCUT2D eigenvalue weighted by Crippen LogP contribution is 2.19. The lowest BCUT2D eigenvalue weighted by Gasteiger charge is -2.30. The third-order valence-electron chi connectivity index (χ3n) is 5.82. The van der Waals surface area contributed by atoms with Crippen molar-refractivity contribution in [2.24, 2.45) is 0 Å². The van der Waals surface area contributed by atoms with Crippen LogP contribution in [0.5, 0.6) is 0 Å². The fourth-order valence-corrected chi connectivity index (χ4v) is 4.06. The molecule has 1 saturated heterocycles. The zero-order valence-electron chi connectivity index (χ0n) is 19.4. The molecule has 0 N–H and O–H groups in total. The standard InChI is InChI=1S/C25H48O4/c1-3-4-5-6-7-8-9-10-11-12-13-14-15-16-17-18-21-27-25-24(29-23(2)26)20-19-22-28-25/h24-25H,3-22H2,1-2H3/t24-,25-/m1/s1. The molecule has 0 aromatic carbocycles. The molecule has 1 fully saturated rings. The molecule has 1 aliphatic heterocycles. The first-order valence-corrected chi connectivity index (χ1v) is 12.6. The maximum Gasteiger partial charge on any atom is 0.303 e. The average Bonchev–Trinajstić information content (AvgIpc) is 2.71. The van der Waals surface area contributed by atoms with Crippen LogP contribution in [0.15, 0.2) is 0 Å². The van der Waals surface area contributed by atoms with Crippen molar-refractivity contribution in [1.29, 1.82) is 0 Å². The quantitative estimate of drug-likeness (QED) is 0.164. The Morgan fingerprint density at radius 2 is 1.28 bits per heavy atom. The summed E-state index contributed by atoms with van der Waals surface area (Å²) in [6.07, 6.45) is 23.1. The van der Waals surface area contributed by atoms with Crippen LogP contribution in [0.25, 0.3) is 0 Å². The van der Waals surface area contributed by atoms with Gasteiger partial charge in [-0.15, -0.1) is 0 Å². The van der Waals surface area contributed by atoms with Crippen LogP contribution in [0.1, 0.15) is 129 Å². The molecule has 0 bridgehead atoms. The summed E-state index contributed by atoms with van der Waals surface area (Å²) in [6, 6.07) is 0. The van der Waals surface area contributed by atoms with E-state index in [2.05, 4.69) is 6.92 Å². The van der Waals surface area contributed by atoms with Crippen LogP contribution in [0.2, 0.25) is 0 Å². The third-order valence-corrected chi connectivity index (χ3v) is 5.82. The molecule has 4 heteroatoms. The second-order valence-corrected chi connectivity index (χ2v) is 8.70. The second-order valence-electron chi connectivity index (χ2n) is 8.70. The smallest absolute Gasteiger partial charge is 0.303 e. The van der Waals surface area contributed by atoms with Gasteiger partial charge in [0.25, 0.3) is 0 Å². The molecule has 0 aromatic rings. The van der Waals surface area contributed by atoms with Gasteiger partial charge in [-0.05, 0) is 19.3 Å². The Balaban J connectivity index is 1.80. The van der Waals surface area contributed by atoms with Crippen LogP contribution in [0.3, 0.4) is 0 Å². The van der Waals surface area contributed by atoms with Gasteiger partial charge in [0.05, 0.1) is 6.61 Å². The van der Waals surface area contributed by atoms with E-state index in [-0.39, 0.29) is 18.4 Å². The van der Waals surface area contributed by atoms with Crippen molar-refractivity contribution < 1.29 is 19.0 Å². The van der Waals surface area contributed by atoms with E-state index in [0.29, 0.717) is 13.2 Å². The summed E-state index contributed by atoms with van der Waals surface area (Å²) >= 11 is 0. The summed E-state index contributed by atoms with van der Waals surface area (Å²) in [6.45, 7) is 5.12. The van der Waals surface area contributed by atoms with Crippen LogP contribution >= 0.6 is 0 Å². The van der Waals surface area contributed by atoms with E-state index in [4.69, 9.17) is 14.2 Å². The van der Waals surface area contributed by atoms with Crippen molar-refractivity contribution in [2.45, 2.75) is 142 Å². The summed E-state index contributed by atoms with van der Waals surface area (Å²) in [5.41, 5.74) is 0. The number of carbonyl (C=O) groups is 1. The van der Waals surface area contributed by atoms with Crippen LogP contribution in [-0.4, -0.2) is 31.6 Å². The fraction of sp³-hybridized carbons (Fsp3) is 0.960. The molecule has 0 aromatic heterocycles. The minimum atomic E-state index is -0.371. The van der Waals surface area contributed by atoms with Gasteiger partial charge in [0, 0.05) is 13.5 Å². The number of rotatable bonds is 19. The molecule has 0 aliphatic carbocycles. The van der Waals surface area contributed by atoms with Crippen molar-refractivity contribution in [3.05, 3.63) is 0 Å². The summed E-state index contributed by atoms with van der Waals surface area (Å²) in [7, 11) is 0. The Morgan fingerprint density at radius 3 is 1.76 bits per heavy atom. The molecule has 0 saturated carbocycles. The van der Waals surface area contributed by atoms with Gasteiger partial charge in [-0.1, -0.05) is 103 Å². The number of carbonyl (C=O) groups excluding carboxylic acids is 1. The van der Waals surface area contributed by atoms with Gasteiger partial charge in [-0.3, -0.25) is 4.79 Å². The number of hydrogen-bond donors (Lipinski definition) is 0. The van der Waals surface area contributed by atoms with E-state index in [1.165, 1.54) is 103 Å². The highest BCUT2D eigenvalue weighted by atomic mass is 16.7. The molecule has 0 spiro atoms. The first-order valence-electron chi connectivity index (χ1n) is 12.6. The van der Waals surface area contributed by atoms with Gasteiger partial charge in [0.15, 0.2) is 12.4 Å². The lowest BCUT2D eigenvalue weighted by atomic mass is 10.0. The number of unbranched alkanes of at least 4 members (excludes halogenated alkanes) is 15. The maximum absolute atomic E-state index is 11.2. The molecule has 2 atom stereocenters. The topological polar surface area (TPSA) is 44.8 Å². The maximum atomic E-state index is 11.2. The summed E-state index contributed by atoms with van der Waals surface area (Å²) in [4.78, 5) is 11.2. The highest BCUT2D eigenvalue weighted by Gasteiger charge is 2.29.